The fourth-order valence-corrected chi connectivity index (χ4v) is 23.6. The predicted molar refractivity (Wildman–Crippen MR) is 606 cm³/mol. The highest BCUT2D eigenvalue weighted by Crippen LogP contribution is 2.55. The van der Waals surface area contributed by atoms with Gasteiger partial charge in [0.2, 0.25) is 0 Å². The second-order valence-corrected chi connectivity index (χ2v) is 39.1. The molecule has 21 aromatic carbocycles. The van der Waals surface area contributed by atoms with E-state index in [1.807, 2.05) is 145 Å². The summed E-state index contributed by atoms with van der Waals surface area (Å²) in [7, 11) is 0. The van der Waals surface area contributed by atoms with Crippen LogP contribution in [0.4, 0.5) is 0 Å². The third kappa shape index (κ3) is 14.3. The van der Waals surface area contributed by atoms with Crippen molar-refractivity contribution < 1.29 is 4.42 Å². The Bertz CT molecular complexity index is 10100. The summed E-state index contributed by atoms with van der Waals surface area (Å²) in [5.41, 5.74) is 30.1. The lowest BCUT2D eigenvalue weighted by Gasteiger charge is -2.23. The molecule has 146 heavy (non-hydrogen) atoms. The molecule has 0 aliphatic heterocycles. The zero-order valence-corrected chi connectivity index (χ0v) is 80.3. The Balaban J connectivity index is 0.000000106. The Hall–Kier alpha value is -19.0. The summed E-state index contributed by atoms with van der Waals surface area (Å²) in [6.07, 6.45) is 0. The fraction of sp³-hybridized carbons (Fsp3) is 0.0224. The summed E-state index contributed by atoms with van der Waals surface area (Å²) in [5.74, 6) is 3.37. The number of hydrogen-bond acceptors (Lipinski definition) is 9. The molecule has 30 rings (SSSR count). The number of aromatic nitrogens is 10. The van der Waals surface area contributed by atoms with E-state index in [9.17, 15) is 0 Å². The van der Waals surface area contributed by atoms with Crippen LogP contribution < -0.4 is 0 Å². The van der Waals surface area contributed by atoms with E-state index in [0.717, 1.165) is 134 Å². The van der Waals surface area contributed by atoms with Crippen molar-refractivity contribution in [2.75, 3.05) is 0 Å². The average molecular weight is 1880 g/mol. The van der Waals surface area contributed by atoms with Crippen LogP contribution in [0.15, 0.2) is 490 Å². The minimum Gasteiger partial charge on any atom is -0.454 e. The minimum atomic E-state index is -0.157. The summed E-state index contributed by atoms with van der Waals surface area (Å²) >= 11 is 1.87. The lowest BCUT2D eigenvalue weighted by atomic mass is 9.81. The number of benzene rings is 21. The summed E-state index contributed by atoms with van der Waals surface area (Å²) in [6.45, 7) is 4.76. The molecule has 12 heteroatoms. The monoisotopic (exact) mass is 1880 g/mol. The molecule has 0 atom stereocenters. The molecule has 0 bridgehead atoms. The van der Waals surface area contributed by atoms with Crippen LogP contribution in [0.2, 0.25) is 0 Å². The van der Waals surface area contributed by atoms with Gasteiger partial charge in [-0.1, -0.05) is 390 Å². The first-order chi connectivity index (χ1) is 72.1. The smallest absolute Gasteiger partial charge is 0.164 e. The molecule has 1 aliphatic carbocycles. The van der Waals surface area contributed by atoms with E-state index in [4.69, 9.17) is 39.3 Å². The van der Waals surface area contributed by atoms with Crippen molar-refractivity contribution in [3.8, 4) is 130 Å². The zero-order chi connectivity index (χ0) is 96.6. The minimum absolute atomic E-state index is 0.157. The molecule has 0 radical (unpaired) electrons. The van der Waals surface area contributed by atoms with Gasteiger partial charge in [-0.15, -0.1) is 11.3 Å². The van der Waals surface area contributed by atoms with Crippen LogP contribution in [0.5, 0.6) is 0 Å². The van der Waals surface area contributed by atoms with Gasteiger partial charge in [-0.25, -0.2) is 34.9 Å². The maximum atomic E-state index is 6.62. The molecule has 0 saturated carbocycles. The van der Waals surface area contributed by atoms with E-state index in [2.05, 4.69) is 379 Å². The molecule has 29 aromatic rings. The quantitative estimate of drug-likeness (QED) is 0.119. The molecule has 11 nitrogen and oxygen atoms in total. The zero-order valence-electron chi connectivity index (χ0n) is 79.5. The van der Waals surface area contributed by atoms with Crippen molar-refractivity contribution in [3.63, 3.8) is 0 Å². The van der Waals surface area contributed by atoms with Gasteiger partial charge >= 0.3 is 0 Å². The van der Waals surface area contributed by atoms with Crippen LogP contribution in [-0.2, 0) is 5.41 Å². The van der Waals surface area contributed by atoms with Crippen LogP contribution >= 0.6 is 11.3 Å². The summed E-state index contributed by atoms with van der Waals surface area (Å²) in [5, 5.41) is 19.7. The molecule has 0 saturated heterocycles. The van der Waals surface area contributed by atoms with E-state index in [0.29, 0.717) is 23.3 Å². The van der Waals surface area contributed by atoms with Gasteiger partial charge in [0.25, 0.3) is 0 Å². The van der Waals surface area contributed by atoms with Crippen molar-refractivity contribution in [2.24, 2.45) is 0 Å². The van der Waals surface area contributed by atoms with Crippen LogP contribution in [-0.4, -0.2) is 48.6 Å². The second kappa shape index (κ2) is 34.8. The molecule has 0 fully saturated rings. The second-order valence-electron chi connectivity index (χ2n) is 38.1. The number of para-hydroxylation sites is 1. The van der Waals surface area contributed by atoms with Crippen LogP contribution in [0.1, 0.15) is 25.0 Å². The lowest BCUT2D eigenvalue weighted by Crippen LogP contribution is -2.16. The van der Waals surface area contributed by atoms with Gasteiger partial charge in [0, 0.05) is 136 Å². The fourth-order valence-electron chi connectivity index (χ4n) is 22.3. The molecule has 0 unspecified atom stereocenters. The predicted octanol–water partition coefficient (Wildman–Crippen LogP) is 35.2. The first-order valence-electron chi connectivity index (χ1n) is 49.5. The Labute approximate surface area is 843 Å². The SMILES string of the molecule is CC1(C)c2ccccc2-c2ccc3c4c5ccccc5ccc4n(-c4ccc(-c5cc(-c6ccccc6)nc(-c6ccccc6)n5)cc4)c3c21.c1ccc(-c2cc(-c3ccccc3)nc(-c3ccc(-n4c5cc6ccccc6cc5c5ccc6c7ccccc7oc6c54)cc3)n2)cc1.c1ccc(-c2nc(-c3ccccc3)nc(-c3ccc(-n4c5c6ccccc6ccc5c5ccc6c7ccccc7sc6c54)cc3)n2)cc1. The van der Waals surface area contributed by atoms with Crippen molar-refractivity contribution >= 4 is 151 Å². The van der Waals surface area contributed by atoms with Gasteiger partial charge in [-0.2, -0.15) is 0 Å². The molecule has 1 aliphatic rings. The maximum absolute atomic E-state index is 6.62. The molecule has 0 amide bonds. The van der Waals surface area contributed by atoms with Crippen molar-refractivity contribution in [2.45, 2.75) is 19.3 Å². The first-order valence-corrected chi connectivity index (χ1v) is 50.3. The topological polar surface area (TPSA) is 118 Å². The number of rotatable bonds is 12. The standard InChI is InChI=1S/C47H33N3.C44H27N3O.C43H26N4S/c1-47(2)39-20-12-11-19-36(39)37-26-27-38-43-35-18-10-9-13-30(35)23-28-42(43)50(45(38)44(37)47)34-24-21-32(22-25-34)41-29-40(31-14-5-3-6-15-31)48-46(49-41)33-16-7-4-8-17-33;1-3-11-28(12-4-1)38-27-39(29-13-5-2-6-14-29)46-44(45-38)30-19-21-33(22-20-30)47-40-26-32-16-8-7-15-31(32)25-37(40)35-23-24-36-34-17-9-10-18-41(34)48-43(36)42(35)47;1-3-12-28(13-4-1)41-44-42(29-14-5-2-6-15-29)46-43(45-41)30-19-22-31(23-20-30)47-38-32-16-8-7-11-27(32)21-24-34(38)35-25-26-36-33-17-9-10-18-37(33)48-40(36)39(35)47/h3-29H,1-2H3;1-27H;1-26H. The van der Waals surface area contributed by atoms with E-state index in [-0.39, 0.29) is 5.41 Å². The number of fused-ring (bicyclic) bond motifs is 26. The Kier molecular flexibility index (Phi) is 20.2. The largest absolute Gasteiger partial charge is 0.454 e. The molecule has 8 aromatic heterocycles. The van der Waals surface area contributed by atoms with Crippen molar-refractivity contribution in [3.05, 3.63) is 496 Å². The highest BCUT2D eigenvalue weighted by molar-refractivity contribution is 7.26. The lowest BCUT2D eigenvalue weighted by molar-refractivity contribution is 0.664. The van der Waals surface area contributed by atoms with Gasteiger partial charge in [0.05, 0.1) is 60.6 Å². The highest BCUT2D eigenvalue weighted by atomic mass is 32.1. The summed E-state index contributed by atoms with van der Waals surface area (Å²) in [4.78, 5) is 35.0. The average Bonchev–Trinajstić information content (AvgIpc) is 1.53. The number of hydrogen-bond donors (Lipinski definition) is 0. The molecule has 684 valence electrons. The summed E-state index contributed by atoms with van der Waals surface area (Å²) in [6, 6.07) is 171. The third-order valence-electron chi connectivity index (χ3n) is 29.2. The Morgan fingerprint density at radius 3 is 1.17 bits per heavy atom. The normalized spacial score (nSPS) is 12.2. The third-order valence-corrected chi connectivity index (χ3v) is 30.4. The number of furan rings is 1. The van der Waals surface area contributed by atoms with Crippen LogP contribution in [0, 0.1) is 0 Å². The molecule has 0 spiro atoms. The van der Waals surface area contributed by atoms with Gasteiger partial charge < -0.3 is 18.1 Å². The molecular formula is C134H86N10OS. The molecule has 8 heterocycles. The Morgan fingerprint density at radius 1 is 0.226 bits per heavy atom. The number of nitrogens with zero attached hydrogens (tertiary/aromatic N) is 10. The number of thiophene rings is 1. The van der Waals surface area contributed by atoms with Gasteiger partial charge in [0.1, 0.15) is 5.58 Å². The van der Waals surface area contributed by atoms with E-state index in [1.54, 1.807) is 0 Å². The molecular weight excluding hydrogens is 1800 g/mol. The first kappa shape index (κ1) is 85.0. The highest BCUT2D eigenvalue weighted by Gasteiger charge is 2.39. The van der Waals surface area contributed by atoms with E-state index < -0.39 is 0 Å². The molecule has 0 N–H and O–H groups in total. The van der Waals surface area contributed by atoms with Gasteiger partial charge in [-0.05, 0) is 158 Å². The van der Waals surface area contributed by atoms with Crippen molar-refractivity contribution in [1.29, 1.82) is 0 Å². The van der Waals surface area contributed by atoms with Crippen molar-refractivity contribution in [1.82, 2.24) is 48.6 Å². The van der Waals surface area contributed by atoms with E-state index in [1.165, 1.54) is 124 Å². The maximum Gasteiger partial charge on any atom is 0.164 e. The van der Waals surface area contributed by atoms with Gasteiger partial charge in [0.15, 0.2) is 34.7 Å². The van der Waals surface area contributed by atoms with Crippen LogP contribution in [0.25, 0.3) is 270 Å². The van der Waals surface area contributed by atoms with Crippen LogP contribution in [0.3, 0.4) is 0 Å². The Morgan fingerprint density at radius 2 is 0.610 bits per heavy atom. The van der Waals surface area contributed by atoms with E-state index >= 15 is 0 Å². The van der Waals surface area contributed by atoms with Gasteiger partial charge in [-0.3, -0.25) is 0 Å². The summed E-state index contributed by atoms with van der Waals surface area (Å²) < 4.78 is 16.5.